The van der Waals surface area contributed by atoms with E-state index in [0.29, 0.717) is 46.2 Å². The van der Waals surface area contributed by atoms with E-state index >= 15 is 0 Å². The van der Waals surface area contributed by atoms with E-state index in [9.17, 15) is 0 Å². The second kappa shape index (κ2) is 7.82. The molecule has 0 saturated heterocycles. The molecule has 0 aliphatic heterocycles. The number of nitrogens with two attached hydrogens (primary N) is 1. The number of aliphatic hydroxyl groups excluding tert-OH is 1. The summed E-state index contributed by atoms with van der Waals surface area (Å²) in [6.45, 7) is 0.200. The van der Waals surface area contributed by atoms with Crippen LogP contribution < -0.4 is 19.9 Å². The van der Waals surface area contributed by atoms with E-state index in [-0.39, 0.29) is 6.61 Å². The van der Waals surface area contributed by atoms with E-state index in [1.165, 1.54) is 0 Å². The van der Waals surface area contributed by atoms with E-state index in [1.54, 1.807) is 27.4 Å². The van der Waals surface area contributed by atoms with Gasteiger partial charge in [-0.15, -0.1) is 0 Å². The number of nitrogen functional groups attached to an aromatic ring is 1. The number of fused-ring (bicyclic) bond motifs is 1. The predicted molar refractivity (Wildman–Crippen MR) is 88.2 cm³/mol. The van der Waals surface area contributed by atoms with Gasteiger partial charge in [-0.3, -0.25) is 0 Å². The monoisotopic (exact) mass is 321 g/mol. The van der Waals surface area contributed by atoms with Crippen molar-refractivity contribution in [1.29, 1.82) is 0 Å². The normalized spacial score (nSPS) is 10.8. The summed E-state index contributed by atoms with van der Waals surface area (Å²) in [7, 11) is 4.65. The number of nitrogens with zero attached hydrogens (tertiary/aromatic N) is 2. The largest absolute Gasteiger partial charge is 0.493 e. The average molecular weight is 321 g/mol. The predicted octanol–water partition coefficient (Wildman–Crippen LogP) is 1.94. The molecule has 1 aromatic heterocycles. The smallest absolute Gasteiger partial charge is 0.205 e. The number of benzene rings is 1. The van der Waals surface area contributed by atoms with Crippen LogP contribution in [-0.2, 0) is 6.42 Å². The van der Waals surface area contributed by atoms with Crippen molar-refractivity contribution in [2.24, 2.45) is 0 Å². The quantitative estimate of drug-likeness (QED) is 0.717. The lowest BCUT2D eigenvalue weighted by Crippen LogP contribution is -2.04. The van der Waals surface area contributed by atoms with Gasteiger partial charge in [-0.05, 0) is 18.9 Å². The number of ether oxygens (including phenoxy) is 3. The van der Waals surface area contributed by atoms with Gasteiger partial charge in [0.05, 0.1) is 26.7 Å². The molecule has 0 saturated carbocycles. The molecule has 0 spiro atoms. The molecule has 126 valence electrons. The molecule has 0 unspecified atom stereocenters. The molecule has 7 nitrogen and oxygen atoms in total. The number of hydrogen-bond donors (Lipinski definition) is 2. The summed E-state index contributed by atoms with van der Waals surface area (Å²) in [4.78, 5) is 8.93. The van der Waals surface area contributed by atoms with Gasteiger partial charge in [0.25, 0.3) is 0 Å². The van der Waals surface area contributed by atoms with Crippen LogP contribution in [0.4, 0.5) is 5.82 Å². The summed E-state index contributed by atoms with van der Waals surface area (Å²) in [5, 5.41) is 9.50. The number of methoxy groups -OCH3 is 3. The molecule has 0 amide bonds. The molecule has 0 aliphatic rings. The van der Waals surface area contributed by atoms with E-state index in [2.05, 4.69) is 9.97 Å². The number of aryl methyl sites for hydroxylation is 1. The summed E-state index contributed by atoms with van der Waals surface area (Å²) < 4.78 is 16.2. The van der Waals surface area contributed by atoms with Crippen molar-refractivity contribution in [3.8, 4) is 17.2 Å². The first kappa shape index (κ1) is 17.1. The van der Waals surface area contributed by atoms with Gasteiger partial charge in [0.15, 0.2) is 11.5 Å². The molecule has 0 fully saturated rings. The second-order valence-corrected chi connectivity index (χ2v) is 5.10. The summed E-state index contributed by atoms with van der Waals surface area (Å²) in [6.07, 6.45) is 3.27. The van der Waals surface area contributed by atoms with Crippen LogP contribution in [0.3, 0.4) is 0 Å². The van der Waals surface area contributed by atoms with Crippen LogP contribution in [0.25, 0.3) is 10.9 Å². The molecule has 2 aromatic rings. The Morgan fingerprint density at radius 1 is 1.00 bits per heavy atom. The van der Waals surface area contributed by atoms with Crippen molar-refractivity contribution >= 4 is 16.7 Å². The van der Waals surface area contributed by atoms with Crippen molar-refractivity contribution < 1.29 is 19.3 Å². The number of anilines is 1. The van der Waals surface area contributed by atoms with Crippen LogP contribution in [0.2, 0.25) is 0 Å². The lowest BCUT2D eigenvalue weighted by molar-refractivity contribution is 0.283. The Morgan fingerprint density at radius 2 is 1.74 bits per heavy atom. The Morgan fingerprint density at radius 3 is 2.35 bits per heavy atom. The third-order valence-corrected chi connectivity index (χ3v) is 3.63. The van der Waals surface area contributed by atoms with E-state index in [4.69, 9.17) is 25.1 Å². The maximum Gasteiger partial charge on any atom is 0.205 e. The SMILES string of the molecule is COc1cc2c(N)nc(CCCCCO)nc2c(OC)c1OC. The minimum atomic E-state index is 0.200. The van der Waals surface area contributed by atoms with E-state index < -0.39 is 0 Å². The molecular formula is C16H23N3O4. The van der Waals surface area contributed by atoms with Gasteiger partial charge < -0.3 is 25.1 Å². The molecule has 23 heavy (non-hydrogen) atoms. The number of hydrogen-bond acceptors (Lipinski definition) is 7. The Kier molecular flexibility index (Phi) is 5.81. The summed E-state index contributed by atoms with van der Waals surface area (Å²) in [5.41, 5.74) is 6.69. The number of aromatic nitrogens is 2. The highest BCUT2D eigenvalue weighted by molar-refractivity contribution is 5.96. The molecule has 0 radical (unpaired) electrons. The van der Waals surface area contributed by atoms with Crippen LogP contribution in [-0.4, -0.2) is 43.0 Å². The average Bonchev–Trinajstić information content (AvgIpc) is 2.57. The maximum absolute atomic E-state index is 8.83. The Bertz CT molecular complexity index is 676. The molecule has 7 heteroatoms. The van der Waals surface area contributed by atoms with Gasteiger partial charge >= 0.3 is 0 Å². The molecular weight excluding hydrogens is 298 g/mol. The molecule has 1 aromatic carbocycles. The van der Waals surface area contributed by atoms with Crippen LogP contribution >= 0.6 is 0 Å². The fourth-order valence-corrected chi connectivity index (χ4v) is 2.48. The van der Waals surface area contributed by atoms with Crippen molar-refractivity contribution in [3.05, 3.63) is 11.9 Å². The van der Waals surface area contributed by atoms with Gasteiger partial charge in [-0.2, -0.15) is 0 Å². The number of aliphatic hydroxyl groups is 1. The minimum Gasteiger partial charge on any atom is -0.493 e. The topological polar surface area (TPSA) is 99.7 Å². The van der Waals surface area contributed by atoms with Crippen LogP contribution in [0, 0.1) is 0 Å². The third-order valence-electron chi connectivity index (χ3n) is 3.63. The van der Waals surface area contributed by atoms with Crippen molar-refractivity contribution in [2.45, 2.75) is 25.7 Å². The Hall–Kier alpha value is -2.28. The fraction of sp³-hybridized carbons (Fsp3) is 0.500. The van der Waals surface area contributed by atoms with Crippen LogP contribution in [0.5, 0.6) is 17.2 Å². The third kappa shape index (κ3) is 3.56. The van der Waals surface area contributed by atoms with Gasteiger partial charge in [-0.25, -0.2) is 9.97 Å². The Labute approximate surface area is 135 Å². The van der Waals surface area contributed by atoms with Crippen molar-refractivity contribution in [2.75, 3.05) is 33.7 Å². The van der Waals surface area contributed by atoms with Gasteiger partial charge in [-0.1, -0.05) is 6.42 Å². The van der Waals surface area contributed by atoms with Crippen molar-refractivity contribution in [1.82, 2.24) is 9.97 Å². The zero-order valence-corrected chi connectivity index (χ0v) is 13.8. The number of unbranched alkanes of at least 4 members (excludes halogenated alkanes) is 2. The molecule has 0 bridgehead atoms. The maximum atomic E-state index is 8.83. The number of rotatable bonds is 8. The summed E-state index contributed by atoms with van der Waals surface area (Å²) >= 11 is 0. The first-order valence-corrected chi connectivity index (χ1v) is 7.52. The zero-order valence-electron chi connectivity index (χ0n) is 13.8. The highest BCUT2D eigenvalue weighted by atomic mass is 16.5. The second-order valence-electron chi connectivity index (χ2n) is 5.10. The zero-order chi connectivity index (χ0) is 16.8. The van der Waals surface area contributed by atoms with E-state index in [1.807, 2.05) is 0 Å². The van der Waals surface area contributed by atoms with Gasteiger partial charge in [0.1, 0.15) is 17.2 Å². The standard InChI is InChI=1S/C16H23N3O4/c1-21-11-9-10-13(15(23-3)14(11)22-2)18-12(19-16(10)17)7-5-4-6-8-20/h9,20H,4-8H2,1-3H3,(H2,17,18,19). The highest BCUT2D eigenvalue weighted by Crippen LogP contribution is 2.43. The van der Waals surface area contributed by atoms with Crippen molar-refractivity contribution in [3.63, 3.8) is 0 Å². The van der Waals surface area contributed by atoms with Gasteiger partial charge in [0, 0.05) is 13.0 Å². The summed E-state index contributed by atoms with van der Waals surface area (Å²) in [5.74, 6) is 2.51. The molecule has 1 heterocycles. The Balaban J connectivity index is 2.48. The first-order chi connectivity index (χ1) is 11.2. The van der Waals surface area contributed by atoms with Gasteiger partial charge in [0.2, 0.25) is 5.75 Å². The van der Waals surface area contributed by atoms with E-state index in [0.717, 1.165) is 19.3 Å². The first-order valence-electron chi connectivity index (χ1n) is 7.52. The lowest BCUT2D eigenvalue weighted by atomic mass is 10.1. The highest BCUT2D eigenvalue weighted by Gasteiger charge is 2.19. The molecule has 3 N–H and O–H groups in total. The fourth-order valence-electron chi connectivity index (χ4n) is 2.48. The van der Waals surface area contributed by atoms with Crippen LogP contribution in [0.1, 0.15) is 25.1 Å². The lowest BCUT2D eigenvalue weighted by Gasteiger charge is -2.15. The molecule has 0 atom stereocenters. The minimum absolute atomic E-state index is 0.200. The molecule has 0 aliphatic carbocycles. The van der Waals surface area contributed by atoms with Crippen LogP contribution in [0.15, 0.2) is 6.07 Å². The summed E-state index contributed by atoms with van der Waals surface area (Å²) in [6, 6.07) is 1.75. The molecule has 2 rings (SSSR count).